The van der Waals surface area contributed by atoms with Crippen LogP contribution >= 0.6 is 0 Å². The fourth-order valence-electron chi connectivity index (χ4n) is 3.35. The maximum Gasteiger partial charge on any atom is 0.407 e. The van der Waals surface area contributed by atoms with Gasteiger partial charge in [-0.15, -0.1) is 0 Å². The quantitative estimate of drug-likeness (QED) is 0.614. The van der Waals surface area contributed by atoms with Crippen LogP contribution in [-0.2, 0) is 16.0 Å². The molecule has 0 fully saturated rings. The van der Waals surface area contributed by atoms with Gasteiger partial charge in [-0.3, -0.25) is 4.79 Å². The number of carbonyl (C=O) groups excluding carboxylic acids is 2. The van der Waals surface area contributed by atoms with Gasteiger partial charge in [-0.2, -0.15) is 0 Å². The van der Waals surface area contributed by atoms with Crippen LogP contribution in [0, 0.1) is 11.8 Å². The van der Waals surface area contributed by atoms with E-state index in [1.807, 2.05) is 18.2 Å². The monoisotopic (exact) mass is 455 g/mol. The molecule has 0 spiro atoms. The van der Waals surface area contributed by atoms with Crippen molar-refractivity contribution in [2.75, 3.05) is 18.5 Å². The Morgan fingerprint density at radius 1 is 1.24 bits per heavy atom. The Kier molecular flexibility index (Phi) is 7.79. The summed E-state index contributed by atoms with van der Waals surface area (Å²) >= 11 is 0. The molecule has 8 heteroatoms. The van der Waals surface area contributed by atoms with E-state index >= 15 is 0 Å². The number of aromatic nitrogens is 1. The average Bonchev–Trinajstić information content (AvgIpc) is 2.74. The van der Waals surface area contributed by atoms with Crippen molar-refractivity contribution in [1.82, 2.24) is 10.3 Å². The first-order chi connectivity index (χ1) is 15.6. The fraction of sp³-hybridized carbons (Fsp3) is 0.480. The molecule has 3 rings (SSSR count). The lowest BCUT2D eigenvalue weighted by Crippen LogP contribution is -2.34. The van der Waals surface area contributed by atoms with Gasteiger partial charge in [0.25, 0.3) is 0 Å². The van der Waals surface area contributed by atoms with Gasteiger partial charge in [0.2, 0.25) is 11.8 Å². The van der Waals surface area contributed by atoms with Crippen LogP contribution in [0.4, 0.5) is 10.5 Å². The van der Waals surface area contributed by atoms with E-state index in [9.17, 15) is 9.59 Å². The van der Waals surface area contributed by atoms with Crippen molar-refractivity contribution >= 4 is 17.7 Å². The van der Waals surface area contributed by atoms with E-state index in [1.165, 1.54) is 0 Å². The third-order valence-corrected chi connectivity index (χ3v) is 5.08. The second-order valence-electron chi connectivity index (χ2n) is 9.45. The minimum atomic E-state index is -0.554. The van der Waals surface area contributed by atoms with Gasteiger partial charge in [-0.25, -0.2) is 9.78 Å². The van der Waals surface area contributed by atoms with E-state index < -0.39 is 11.7 Å². The molecular weight excluding hydrogens is 422 g/mol. The van der Waals surface area contributed by atoms with E-state index in [4.69, 9.17) is 14.2 Å². The molecule has 178 valence electrons. The van der Waals surface area contributed by atoms with Gasteiger partial charge in [0.15, 0.2) is 0 Å². The molecule has 1 aliphatic heterocycles. The number of amides is 2. The summed E-state index contributed by atoms with van der Waals surface area (Å²) in [6, 6.07) is 9.23. The van der Waals surface area contributed by atoms with E-state index in [0.29, 0.717) is 37.1 Å². The van der Waals surface area contributed by atoms with Crippen molar-refractivity contribution in [2.24, 2.45) is 11.8 Å². The maximum absolute atomic E-state index is 12.5. The molecule has 2 atom stereocenters. The summed E-state index contributed by atoms with van der Waals surface area (Å²) in [6.45, 7) is 10.4. The number of hydrogen-bond acceptors (Lipinski definition) is 6. The normalized spacial score (nSPS) is 16.1. The van der Waals surface area contributed by atoms with Crippen molar-refractivity contribution < 1.29 is 23.8 Å². The fourth-order valence-corrected chi connectivity index (χ4v) is 3.35. The molecule has 0 bridgehead atoms. The summed E-state index contributed by atoms with van der Waals surface area (Å²) in [5.74, 6) is 2.00. The number of carbonyl (C=O) groups is 2. The van der Waals surface area contributed by atoms with Crippen LogP contribution in [0.5, 0.6) is 17.4 Å². The number of benzene rings is 1. The standard InChI is InChI=1S/C25H33N3O5/c1-16-13-19-20(31-15-16)7-6-8-21(19)32-22-10-9-18(14-27-22)28-23(29)17(2)11-12-26-24(30)33-25(3,4)5/h6-10,14,16-17H,11-13,15H2,1-5H3,(H,26,30)(H,28,29). The zero-order valence-electron chi connectivity index (χ0n) is 19.9. The zero-order chi connectivity index (χ0) is 24.0. The van der Waals surface area contributed by atoms with E-state index in [-0.39, 0.29) is 11.8 Å². The Balaban J connectivity index is 1.49. The van der Waals surface area contributed by atoms with E-state index in [0.717, 1.165) is 23.5 Å². The molecule has 0 aliphatic carbocycles. The molecule has 0 saturated heterocycles. The molecule has 1 aliphatic rings. The van der Waals surface area contributed by atoms with Gasteiger partial charge in [-0.1, -0.05) is 19.9 Å². The first-order valence-electron chi connectivity index (χ1n) is 11.3. The molecule has 2 heterocycles. The van der Waals surface area contributed by atoms with Gasteiger partial charge >= 0.3 is 6.09 Å². The molecule has 1 aromatic carbocycles. The number of alkyl carbamates (subject to hydrolysis) is 1. The molecule has 8 nitrogen and oxygen atoms in total. The van der Waals surface area contributed by atoms with Crippen LogP contribution in [0.15, 0.2) is 36.5 Å². The van der Waals surface area contributed by atoms with Gasteiger partial charge < -0.3 is 24.8 Å². The summed E-state index contributed by atoms with van der Waals surface area (Å²) in [6.07, 6.45) is 2.45. The third-order valence-electron chi connectivity index (χ3n) is 5.08. The lowest BCUT2D eigenvalue weighted by molar-refractivity contribution is -0.119. The Bertz CT molecular complexity index is 969. The number of pyridine rings is 1. The van der Waals surface area contributed by atoms with Crippen molar-refractivity contribution in [2.45, 2.75) is 53.1 Å². The summed E-state index contributed by atoms with van der Waals surface area (Å²) < 4.78 is 17.0. The molecule has 2 aromatic rings. The number of anilines is 1. The van der Waals surface area contributed by atoms with Gasteiger partial charge in [0.05, 0.1) is 18.5 Å². The minimum Gasteiger partial charge on any atom is -0.493 e. The molecule has 2 N–H and O–H groups in total. The van der Waals surface area contributed by atoms with Crippen LogP contribution in [0.3, 0.4) is 0 Å². The highest BCUT2D eigenvalue weighted by Gasteiger charge is 2.21. The van der Waals surface area contributed by atoms with Crippen LogP contribution in [0.1, 0.15) is 46.6 Å². The average molecular weight is 456 g/mol. The number of hydrogen-bond donors (Lipinski definition) is 2. The van der Waals surface area contributed by atoms with Crippen LogP contribution in [0.25, 0.3) is 0 Å². The van der Waals surface area contributed by atoms with Gasteiger partial charge in [0, 0.05) is 24.1 Å². The smallest absolute Gasteiger partial charge is 0.407 e. The Hall–Kier alpha value is -3.29. The summed E-state index contributed by atoms with van der Waals surface area (Å²) in [4.78, 5) is 28.5. The van der Waals surface area contributed by atoms with Crippen molar-refractivity contribution in [3.05, 3.63) is 42.1 Å². The highest BCUT2D eigenvalue weighted by Crippen LogP contribution is 2.36. The highest BCUT2D eigenvalue weighted by molar-refractivity contribution is 5.92. The molecule has 33 heavy (non-hydrogen) atoms. The van der Waals surface area contributed by atoms with Crippen molar-refractivity contribution in [1.29, 1.82) is 0 Å². The van der Waals surface area contributed by atoms with E-state index in [2.05, 4.69) is 22.5 Å². The number of fused-ring (bicyclic) bond motifs is 1. The number of nitrogens with one attached hydrogen (secondary N) is 2. The minimum absolute atomic E-state index is 0.153. The summed E-state index contributed by atoms with van der Waals surface area (Å²) in [5.41, 5.74) is 1.07. The number of ether oxygens (including phenoxy) is 3. The lowest BCUT2D eigenvalue weighted by Gasteiger charge is -2.24. The third kappa shape index (κ3) is 7.37. The maximum atomic E-state index is 12.5. The molecular formula is C25H33N3O5. The predicted octanol–water partition coefficient (Wildman–Crippen LogP) is 4.93. The SMILES string of the molecule is CC1COc2cccc(Oc3ccc(NC(=O)C(C)CCNC(=O)OC(C)(C)C)cn3)c2C1. The summed E-state index contributed by atoms with van der Waals surface area (Å²) in [7, 11) is 0. The Labute approximate surface area is 195 Å². The summed E-state index contributed by atoms with van der Waals surface area (Å²) in [5, 5.41) is 5.51. The second kappa shape index (κ2) is 10.6. The topological polar surface area (TPSA) is 98.8 Å². The van der Waals surface area contributed by atoms with Crippen LogP contribution < -0.4 is 20.1 Å². The van der Waals surface area contributed by atoms with Gasteiger partial charge in [-0.05, 0) is 57.7 Å². The van der Waals surface area contributed by atoms with Crippen molar-refractivity contribution in [3.63, 3.8) is 0 Å². The van der Waals surface area contributed by atoms with E-state index in [1.54, 1.807) is 46.0 Å². The number of rotatable bonds is 7. The molecule has 1 aromatic heterocycles. The van der Waals surface area contributed by atoms with Gasteiger partial charge in [0.1, 0.15) is 17.1 Å². The molecule has 2 amide bonds. The van der Waals surface area contributed by atoms with Crippen LogP contribution in [0.2, 0.25) is 0 Å². The Morgan fingerprint density at radius 3 is 2.73 bits per heavy atom. The first kappa shape index (κ1) is 24.4. The number of nitrogens with zero attached hydrogens (tertiary/aromatic N) is 1. The van der Waals surface area contributed by atoms with Crippen LogP contribution in [-0.4, -0.2) is 35.7 Å². The second-order valence-corrected chi connectivity index (χ2v) is 9.45. The van der Waals surface area contributed by atoms with Crippen molar-refractivity contribution in [3.8, 4) is 17.4 Å². The highest BCUT2D eigenvalue weighted by atomic mass is 16.6. The molecule has 0 radical (unpaired) electrons. The lowest BCUT2D eigenvalue weighted by atomic mass is 9.98. The Morgan fingerprint density at radius 2 is 2.03 bits per heavy atom. The molecule has 0 saturated carbocycles. The largest absolute Gasteiger partial charge is 0.493 e. The zero-order valence-corrected chi connectivity index (χ0v) is 19.9. The first-order valence-corrected chi connectivity index (χ1v) is 11.3. The predicted molar refractivity (Wildman–Crippen MR) is 126 cm³/mol. The molecule has 2 unspecified atom stereocenters.